The summed E-state index contributed by atoms with van der Waals surface area (Å²) in [6.45, 7) is 4.12. The Kier molecular flexibility index (Phi) is 4.78. The van der Waals surface area contributed by atoms with Gasteiger partial charge in [-0.25, -0.2) is 0 Å². The molecule has 1 atom stereocenters. The second-order valence-corrected chi connectivity index (χ2v) is 6.22. The number of nitrogens with one attached hydrogen (secondary N) is 1. The molecule has 2 aromatic rings. The van der Waals surface area contributed by atoms with Crippen molar-refractivity contribution in [3.8, 4) is 0 Å². The van der Waals surface area contributed by atoms with Crippen LogP contribution in [0.1, 0.15) is 20.3 Å². The lowest BCUT2D eigenvalue weighted by molar-refractivity contribution is -0.117. The van der Waals surface area contributed by atoms with E-state index in [-0.39, 0.29) is 5.91 Å². The molecule has 2 aromatic carbocycles. The molecular weight excluding hydrogens is 316 g/mol. The minimum atomic E-state index is -0.475. The van der Waals surface area contributed by atoms with Gasteiger partial charge >= 0.3 is 0 Å². The fourth-order valence-corrected chi connectivity index (χ4v) is 2.69. The van der Waals surface area contributed by atoms with E-state index < -0.39 is 6.04 Å². The largest absolute Gasteiger partial charge is 0.324 e. The van der Waals surface area contributed by atoms with Crippen molar-refractivity contribution in [3.63, 3.8) is 0 Å². The third kappa shape index (κ3) is 3.38. The standard InChI is InChI=1S/C16H19BrN2O/c1-10(2)9-14(18)16(20)19-15-8-7-13(17)11-5-3-4-6-12(11)15/h3-8,10,14H,9,18H2,1-2H3,(H,19,20)/t14-/m1/s1. The Morgan fingerprint density at radius 2 is 1.85 bits per heavy atom. The number of anilines is 1. The fraction of sp³-hybridized carbons (Fsp3) is 0.312. The molecule has 0 aliphatic heterocycles. The number of halogens is 1. The minimum Gasteiger partial charge on any atom is -0.324 e. The number of hydrogen-bond donors (Lipinski definition) is 2. The second kappa shape index (κ2) is 6.37. The highest BCUT2D eigenvalue weighted by atomic mass is 79.9. The van der Waals surface area contributed by atoms with Crippen LogP contribution in [0.4, 0.5) is 5.69 Å². The van der Waals surface area contributed by atoms with E-state index in [1.807, 2.05) is 36.4 Å². The van der Waals surface area contributed by atoms with E-state index in [2.05, 4.69) is 35.1 Å². The second-order valence-electron chi connectivity index (χ2n) is 5.37. The van der Waals surface area contributed by atoms with Crippen LogP contribution < -0.4 is 11.1 Å². The average Bonchev–Trinajstić information content (AvgIpc) is 2.41. The molecule has 0 heterocycles. The fourth-order valence-electron chi connectivity index (χ4n) is 2.21. The van der Waals surface area contributed by atoms with Gasteiger partial charge in [0.15, 0.2) is 0 Å². The summed E-state index contributed by atoms with van der Waals surface area (Å²) in [6, 6.07) is 11.3. The lowest BCUT2D eigenvalue weighted by atomic mass is 10.0. The molecule has 0 bridgehead atoms. The Labute approximate surface area is 127 Å². The maximum absolute atomic E-state index is 12.1. The van der Waals surface area contributed by atoms with Gasteiger partial charge in [-0.3, -0.25) is 4.79 Å². The van der Waals surface area contributed by atoms with E-state index in [0.717, 1.165) is 20.9 Å². The lowest BCUT2D eigenvalue weighted by Crippen LogP contribution is -2.36. The third-order valence-electron chi connectivity index (χ3n) is 3.19. The molecule has 3 N–H and O–H groups in total. The number of carbonyl (C=O) groups excluding carboxylic acids is 1. The van der Waals surface area contributed by atoms with Gasteiger partial charge in [-0.05, 0) is 29.9 Å². The van der Waals surface area contributed by atoms with Crippen molar-refractivity contribution in [2.45, 2.75) is 26.3 Å². The zero-order chi connectivity index (χ0) is 14.7. The molecule has 1 amide bonds. The molecule has 0 fully saturated rings. The van der Waals surface area contributed by atoms with E-state index in [4.69, 9.17) is 5.73 Å². The smallest absolute Gasteiger partial charge is 0.241 e. The Morgan fingerprint density at radius 1 is 1.20 bits per heavy atom. The van der Waals surface area contributed by atoms with Gasteiger partial charge in [0.25, 0.3) is 0 Å². The third-order valence-corrected chi connectivity index (χ3v) is 3.88. The number of benzene rings is 2. The van der Waals surface area contributed by atoms with Crippen molar-refractivity contribution in [3.05, 3.63) is 40.9 Å². The van der Waals surface area contributed by atoms with E-state index >= 15 is 0 Å². The van der Waals surface area contributed by atoms with Gasteiger partial charge in [-0.15, -0.1) is 0 Å². The zero-order valence-corrected chi connectivity index (χ0v) is 13.3. The molecular formula is C16H19BrN2O. The monoisotopic (exact) mass is 334 g/mol. The molecule has 0 saturated heterocycles. The molecule has 0 aliphatic rings. The van der Waals surface area contributed by atoms with Crippen molar-refractivity contribution in [1.29, 1.82) is 0 Å². The topological polar surface area (TPSA) is 55.1 Å². The van der Waals surface area contributed by atoms with E-state index in [1.165, 1.54) is 0 Å². The molecule has 4 heteroatoms. The summed E-state index contributed by atoms with van der Waals surface area (Å²) in [4.78, 5) is 12.1. The minimum absolute atomic E-state index is 0.133. The van der Waals surface area contributed by atoms with Crippen molar-refractivity contribution in [1.82, 2.24) is 0 Å². The highest BCUT2D eigenvalue weighted by Crippen LogP contribution is 2.30. The number of carbonyl (C=O) groups is 1. The van der Waals surface area contributed by atoms with Crippen LogP contribution in [-0.2, 0) is 4.79 Å². The van der Waals surface area contributed by atoms with Crippen LogP contribution in [0.5, 0.6) is 0 Å². The van der Waals surface area contributed by atoms with Crippen LogP contribution in [0.15, 0.2) is 40.9 Å². The van der Waals surface area contributed by atoms with Crippen molar-refractivity contribution >= 4 is 38.3 Å². The van der Waals surface area contributed by atoms with Gasteiger partial charge < -0.3 is 11.1 Å². The van der Waals surface area contributed by atoms with Gasteiger partial charge in [-0.2, -0.15) is 0 Å². The normalized spacial score (nSPS) is 12.7. The predicted molar refractivity (Wildman–Crippen MR) is 87.7 cm³/mol. The van der Waals surface area contributed by atoms with Crippen LogP contribution in [-0.4, -0.2) is 11.9 Å². The first kappa shape index (κ1) is 15.0. The van der Waals surface area contributed by atoms with Crippen molar-refractivity contribution in [2.24, 2.45) is 11.7 Å². The number of amides is 1. The summed E-state index contributed by atoms with van der Waals surface area (Å²) < 4.78 is 1.01. The first-order valence-electron chi connectivity index (χ1n) is 6.72. The molecule has 3 nitrogen and oxygen atoms in total. The molecule has 0 saturated carbocycles. The van der Waals surface area contributed by atoms with Crippen LogP contribution in [0.2, 0.25) is 0 Å². The number of nitrogens with two attached hydrogens (primary N) is 1. The highest BCUT2D eigenvalue weighted by molar-refractivity contribution is 9.10. The van der Waals surface area contributed by atoms with Crippen molar-refractivity contribution < 1.29 is 4.79 Å². The van der Waals surface area contributed by atoms with Crippen LogP contribution in [0.25, 0.3) is 10.8 Å². The molecule has 0 aromatic heterocycles. The highest BCUT2D eigenvalue weighted by Gasteiger charge is 2.16. The van der Waals surface area contributed by atoms with Gasteiger partial charge in [0.05, 0.1) is 6.04 Å². The number of rotatable bonds is 4. The molecule has 0 unspecified atom stereocenters. The summed E-state index contributed by atoms with van der Waals surface area (Å²) in [7, 11) is 0. The van der Waals surface area contributed by atoms with Gasteiger partial charge in [0.2, 0.25) is 5.91 Å². The SMILES string of the molecule is CC(C)C[C@@H](N)C(=O)Nc1ccc(Br)c2ccccc12. The molecule has 0 spiro atoms. The quantitative estimate of drug-likeness (QED) is 0.890. The molecule has 0 radical (unpaired) electrons. The van der Waals surface area contributed by atoms with Crippen LogP contribution in [0, 0.1) is 5.92 Å². The number of hydrogen-bond acceptors (Lipinski definition) is 2. The van der Waals surface area contributed by atoms with Gasteiger partial charge in [-0.1, -0.05) is 54.0 Å². The first-order valence-corrected chi connectivity index (χ1v) is 7.52. The lowest BCUT2D eigenvalue weighted by Gasteiger charge is -2.15. The summed E-state index contributed by atoms with van der Waals surface area (Å²) in [5.41, 5.74) is 6.72. The Balaban J connectivity index is 2.26. The zero-order valence-electron chi connectivity index (χ0n) is 11.7. The van der Waals surface area contributed by atoms with Crippen LogP contribution in [0.3, 0.4) is 0 Å². The van der Waals surface area contributed by atoms with Gasteiger partial charge in [0, 0.05) is 15.5 Å². The van der Waals surface area contributed by atoms with Crippen LogP contribution >= 0.6 is 15.9 Å². The molecule has 2 rings (SSSR count). The van der Waals surface area contributed by atoms with E-state index in [0.29, 0.717) is 12.3 Å². The number of fused-ring (bicyclic) bond motifs is 1. The average molecular weight is 335 g/mol. The molecule has 0 aliphatic carbocycles. The van der Waals surface area contributed by atoms with Gasteiger partial charge in [0.1, 0.15) is 0 Å². The summed E-state index contributed by atoms with van der Waals surface area (Å²) in [5.74, 6) is 0.267. The Hall–Kier alpha value is -1.39. The predicted octanol–water partition coefficient (Wildman–Crippen LogP) is 3.91. The van der Waals surface area contributed by atoms with E-state index in [9.17, 15) is 4.79 Å². The Bertz CT molecular complexity index is 625. The van der Waals surface area contributed by atoms with E-state index in [1.54, 1.807) is 0 Å². The first-order chi connectivity index (χ1) is 9.49. The Morgan fingerprint density at radius 3 is 2.50 bits per heavy atom. The molecule has 106 valence electrons. The van der Waals surface area contributed by atoms with Crippen molar-refractivity contribution in [2.75, 3.05) is 5.32 Å². The summed E-state index contributed by atoms with van der Waals surface area (Å²) >= 11 is 3.52. The maximum atomic E-state index is 12.1. The summed E-state index contributed by atoms with van der Waals surface area (Å²) in [5, 5.41) is 5.01. The molecule has 20 heavy (non-hydrogen) atoms. The maximum Gasteiger partial charge on any atom is 0.241 e. The summed E-state index contributed by atoms with van der Waals surface area (Å²) in [6.07, 6.45) is 0.681.